The number of hydrogen-bond donors (Lipinski definition) is 2. The Morgan fingerprint density at radius 2 is 1.72 bits per heavy atom. The number of rotatable bonds is 10. The molecule has 2 atom stereocenters. The van der Waals surface area contributed by atoms with Crippen LogP contribution in [0.1, 0.15) is 72.0 Å². The number of hydrogen-bond acceptors (Lipinski definition) is 8. The molecular weight excluding hydrogens is 551 g/mol. The molecule has 2 aliphatic rings. The molecule has 2 N–H and O–H groups in total. The van der Waals surface area contributed by atoms with E-state index in [9.17, 15) is 35.2 Å². The second kappa shape index (κ2) is 10.9. The molecule has 1 aliphatic heterocycles. The Morgan fingerprint density at radius 3 is 2.26 bits per heavy atom. The number of carbonyl (C=O) groups is 1. The molecule has 1 aromatic carbocycles. The van der Waals surface area contributed by atoms with E-state index in [0.717, 1.165) is 12.3 Å². The number of anilines is 1. The molecule has 1 saturated carbocycles. The molecular formula is C24H27F5N4O5S. The fraction of sp³-hybridized carbons (Fsp3) is 0.542. The average molecular weight is 579 g/mol. The lowest BCUT2D eigenvalue weighted by atomic mass is 10.0. The van der Waals surface area contributed by atoms with Crippen molar-refractivity contribution in [3.63, 3.8) is 0 Å². The summed E-state index contributed by atoms with van der Waals surface area (Å²) in [5.41, 5.74) is -3.23. The summed E-state index contributed by atoms with van der Waals surface area (Å²) in [5, 5.41) is 3.01. The first-order chi connectivity index (χ1) is 18.2. The number of halogens is 5. The lowest BCUT2D eigenvalue weighted by Crippen LogP contribution is -2.46. The molecule has 4 rings (SSSR count). The molecule has 39 heavy (non-hydrogen) atoms. The number of ether oxygens (including phenoxy) is 2. The van der Waals surface area contributed by atoms with Crippen LogP contribution in [0.5, 0.6) is 0 Å². The smallest absolute Gasteiger partial charge is 0.266 e. The van der Waals surface area contributed by atoms with Gasteiger partial charge in [-0.25, -0.2) is 40.3 Å². The van der Waals surface area contributed by atoms with E-state index in [0.29, 0.717) is 0 Å². The fourth-order valence-corrected chi connectivity index (χ4v) is 5.42. The molecule has 1 saturated heterocycles. The zero-order valence-corrected chi connectivity index (χ0v) is 22.0. The molecule has 1 aromatic heterocycles. The summed E-state index contributed by atoms with van der Waals surface area (Å²) < 4.78 is 105. The first kappa shape index (κ1) is 29.1. The van der Waals surface area contributed by atoms with Crippen molar-refractivity contribution in [2.45, 2.75) is 62.7 Å². The number of aromatic nitrogens is 2. The summed E-state index contributed by atoms with van der Waals surface area (Å²) in [4.78, 5) is 21.7. The Balaban J connectivity index is 1.81. The van der Waals surface area contributed by atoms with Gasteiger partial charge in [0.1, 0.15) is 23.0 Å². The molecule has 1 unspecified atom stereocenters. The minimum atomic E-state index is -4.31. The highest BCUT2D eigenvalue weighted by Gasteiger charge is 2.54. The number of alkyl halides is 4. The van der Waals surface area contributed by atoms with E-state index in [1.165, 1.54) is 26.0 Å². The van der Waals surface area contributed by atoms with Crippen LogP contribution < -0.4 is 10.6 Å². The first-order valence-corrected chi connectivity index (χ1v) is 13.9. The van der Waals surface area contributed by atoms with Crippen LogP contribution in [0.25, 0.3) is 0 Å². The van der Waals surface area contributed by atoms with Crippen molar-refractivity contribution in [1.82, 2.24) is 15.3 Å². The molecule has 214 valence electrons. The quantitative estimate of drug-likeness (QED) is 0.405. The highest BCUT2D eigenvalue weighted by atomic mass is 32.2. The summed E-state index contributed by atoms with van der Waals surface area (Å²) in [7, 11) is -4.31. The maximum absolute atomic E-state index is 14.9. The second-order valence-electron chi connectivity index (χ2n) is 9.56. The van der Waals surface area contributed by atoms with Gasteiger partial charge >= 0.3 is 0 Å². The number of aryl methyl sites for hydroxylation is 1. The van der Waals surface area contributed by atoms with E-state index < -0.39 is 63.1 Å². The van der Waals surface area contributed by atoms with Crippen molar-refractivity contribution >= 4 is 21.6 Å². The standard InChI is InChI=1S/C24H27F5N4O5S/c1-11(13-5-4-6-14(16(13)25)19(26)27)30-20-15(22-37-9-10-38-22)17(31-12(2)32-20)18(39(3,35)36)21(34)33-24(7-8-24)23(28)29/h4-6,11,18-19,22-23H,7-10H2,1-3H3,(H,33,34)(H,30,31,32)/t11-,18?/m1/s1. The zero-order valence-electron chi connectivity index (χ0n) is 21.2. The highest BCUT2D eigenvalue weighted by Crippen LogP contribution is 2.43. The van der Waals surface area contributed by atoms with E-state index in [-0.39, 0.29) is 54.5 Å². The van der Waals surface area contributed by atoms with Crippen LogP contribution in [-0.4, -0.2) is 55.7 Å². The SMILES string of the molecule is Cc1nc(N[C@H](C)c2cccc(C(F)F)c2F)c(C2OCCO2)c(C(C(=O)NC2(C(F)F)CC2)S(C)(=O)=O)n1. The summed E-state index contributed by atoms with van der Waals surface area (Å²) in [6, 6.07) is 2.53. The third-order valence-electron chi connectivity index (χ3n) is 6.55. The Morgan fingerprint density at radius 1 is 1.10 bits per heavy atom. The molecule has 15 heteroatoms. The van der Waals surface area contributed by atoms with E-state index in [4.69, 9.17) is 9.47 Å². The summed E-state index contributed by atoms with van der Waals surface area (Å²) in [5.74, 6) is -2.46. The molecule has 9 nitrogen and oxygen atoms in total. The molecule has 2 fully saturated rings. The van der Waals surface area contributed by atoms with Crippen LogP contribution in [0.2, 0.25) is 0 Å². The molecule has 2 aromatic rings. The molecule has 0 radical (unpaired) electrons. The Labute approximate surface area is 221 Å². The van der Waals surface area contributed by atoms with Gasteiger partial charge in [0.25, 0.3) is 12.9 Å². The molecule has 0 spiro atoms. The maximum Gasteiger partial charge on any atom is 0.266 e. The lowest BCUT2D eigenvalue weighted by Gasteiger charge is -2.26. The summed E-state index contributed by atoms with van der Waals surface area (Å²) in [6.45, 7) is 3.06. The monoisotopic (exact) mass is 578 g/mol. The van der Waals surface area contributed by atoms with E-state index >= 15 is 0 Å². The number of carbonyl (C=O) groups excluding carboxylic acids is 1. The molecule has 1 amide bonds. The van der Waals surface area contributed by atoms with E-state index in [1.54, 1.807) is 0 Å². The van der Waals surface area contributed by atoms with Gasteiger partial charge in [-0.15, -0.1) is 0 Å². The van der Waals surface area contributed by atoms with Crippen LogP contribution in [0.15, 0.2) is 18.2 Å². The van der Waals surface area contributed by atoms with Crippen molar-refractivity contribution in [2.24, 2.45) is 0 Å². The van der Waals surface area contributed by atoms with Gasteiger partial charge in [0.2, 0.25) is 5.91 Å². The van der Waals surface area contributed by atoms with Crippen LogP contribution in [-0.2, 0) is 24.1 Å². The summed E-state index contributed by atoms with van der Waals surface area (Å²) in [6.07, 6.45) is -6.51. The maximum atomic E-state index is 14.9. The van der Waals surface area contributed by atoms with Gasteiger partial charge in [-0.2, -0.15) is 0 Å². The van der Waals surface area contributed by atoms with Crippen molar-refractivity contribution in [2.75, 3.05) is 24.8 Å². The van der Waals surface area contributed by atoms with Gasteiger partial charge in [0.15, 0.2) is 21.4 Å². The molecule has 1 aliphatic carbocycles. The number of nitrogens with zero attached hydrogens (tertiary/aromatic N) is 2. The molecule has 0 bridgehead atoms. The van der Waals surface area contributed by atoms with Crippen LogP contribution in [0, 0.1) is 12.7 Å². The van der Waals surface area contributed by atoms with Crippen molar-refractivity contribution in [3.05, 3.63) is 52.2 Å². The predicted molar refractivity (Wildman–Crippen MR) is 129 cm³/mol. The topological polar surface area (TPSA) is 120 Å². The van der Waals surface area contributed by atoms with E-state index in [1.807, 2.05) is 0 Å². The van der Waals surface area contributed by atoms with Crippen molar-refractivity contribution in [3.8, 4) is 0 Å². The highest BCUT2D eigenvalue weighted by molar-refractivity contribution is 7.91. The van der Waals surface area contributed by atoms with E-state index in [2.05, 4.69) is 20.6 Å². The number of amides is 1. The van der Waals surface area contributed by atoms with Gasteiger partial charge < -0.3 is 20.1 Å². The lowest BCUT2D eigenvalue weighted by molar-refractivity contribution is -0.123. The third-order valence-corrected chi connectivity index (χ3v) is 7.84. The van der Waals surface area contributed by atoms with Gasteiger partial charge in [-0.1, -0.05) is 18.2 Å². The van der Waals surface area contributed by atoms with Gasteiger partial charge in [-0.05, 0) is 26.7 Å². The minimum Gasteiger partial charge on any atom is -0.363 e. The number of nitrogens with one attached hydrogen (secondary N) is 2. The number of benzene rings is 1. The third kappa shape index (κ3) is 5.99. The Bertz CT molecular complexity index is 1350. The summed E-state index contributed by atoms with van der Waals surface area (Å²) >= 11 is 0. The normalized spacial score (nSPS) is 18.8. The zero-order chi connectivity index (χ0) is 28.7. The fourth-order valence-electron chi connectivity index (χ4n) is 4.39. The van der Waals surface area contributed by atoms with Gasteiger partial charge in [0, 0.05) is 11.8 Å². The number of sulfone groups is 1. The largest absolute Gasteiger partial charge is 0.363 e. The van der Waals surface area contributed by atoms with Gasteiger partial charge in [0.05, 0.1) is 36.1 Å². The van der Waals surface area contributed by atoms with Crippen molar-refractivity contribution < 1.29 is 44.6 Å². The minimum absolute atomic E-state index is 0.0142. The molecule has 2 heterocycles. The van der Waals surface area contributed by atoms with Crippen LogP contribution in [0.3, 0.4) is 0 Å². The first-order valence-electron chi connectivity index (χ1n) is 12.0. The van der Waals surface area contributed by atoms with Crippen LogP contribution >= 0.6 is 0 Å². The van der Waals surface area contributed by atoms with Gasteiger partial charge in [-0.3, -0.25) is 4.79 Å². The van der Waals surface area contributed by atoms with Crippen LogP contribution in [0.4, 0.5) is 27.8 Å². The average Bonchev–Trinajstić information content (AvgIpc) is 3.40. The Kier molecular flexibility index (Phi) is 8.15. The predicted octanol–water partition coefficient (Wildman–Crippen LogP) is 4.08. The van der Waals surface area contributed by atoms with Crippen molar-refractivity contribution in [1.29, 1.82) is 0 Å². The second-order valence-corrected chi connectivity index (χ2v) is 11.7. The Hall–Kier alpha value is -2.91.